The molecule has 7 heteroatoms. The van der Waals surface area contributed by atoms with Crippen molar-refractivity contribution < 1.29 is 27.4 Å². The van der Waals surface area contributed by atoms with Gasteiger partial charge in [-0.1, -0.05) is 25.0 Å². The zero-order valence-corrected chi connectivity index (χ0v) is 15.4. The van der Waals surface area contributed by atoms with Crippen LogP contribution in [0.2, 0.25) is 0 Å². The highest BCUT2D eigenvalue weighted by Gasteiger charge is 2.31. The summed E-state index contributed by atoms with van der Waals surface area (Å²) in [6.45, 7) is 5.60. The molecule has 26 heavy (non-hydrogen) atoms. The molecule has 1 N–H and O–H groups in total. The second-order valence-electron chi connectivity index (χ2n) is 7.58. The first-order valence-electron chi connectivity index (χ1n) is 8.82. The Labute approximate surface area is 152 Å². The predicted molar refractivity (Wildman–Crippen MR) is 91.6 cm³/mol. The second-order valence-corrected chi connectivity index (χ2v) is 7.58. The normalized spacial score (nSPS) is 21.3. The lowest BCUT2D eigenvalue weighted by Crippen LogP contribution is -2.47. The van der Waals surface area contributed by atoms with Gasteiger partial charge in [-0.25, -0.2) is 4.79 Å². The first-order chi connectivity index (χ1) is 12.0. The van der Waals surface area contributed by atoms with Crippen molar-refractivity contribution in [1.29, 1.82) is 0 Å². The lowest BCUT2D eigenvalue weighted by atomic mass is 9.92. The largest absolute Gasteiger partial charge is 0.444 e. The minimum Gasteiger partial charge on any atom is -0.444 e. The Kier molecular flexibility index (Phi) is 6.55. The summed E-state index contributed by atoms with van der Waals surface area (Å²) in [5, 5.41) is 2.86. The van der Waals surface area contributed by atoms with Gasteiger partial charge in [0.25, 0.3) is 0 Å². The molecule has 0 aromatic heterocycles. The highest BCUT2D eigenvalue weighted by molar-refractivity contribution is 5.68. The molecular formula is C19H26F3NO3. The topological polar surface area (TPSA) is 47.6 Å². The van der Waals surface area contributed by atoms with Gasteiger partial charge < -0.3 is 14.8 Å². The lowest BCUT2D eigenvalue weighted by molar-refractivity contribution is -0.137. The lowest BCUT2D eigenvalue weighted by Gasteiger charge is -2.32. The summed E-state index contributed by atoms with van der Waals surface area (Å²) in [6, 6.07) is 4.78. The number of ether oxygens (including phenoxy) is 2. The summed E-state index contributed by atoms with van der Waals surface area (Å²) < 4.78 is 49.0. The number of carbonyl (C=O) groups is 1. The molecule has 0 aliphatic heterocycles. The van der Waals surface area contributed by atoms with Crippen molar-refractivity contribution in [3.8, 4) is 0 Å². The van der Waals surface area contributed by atoms with Crippen LogP contribution >= 0.6 is 0 Å². The predicted octanol–water partition coefficient (Wildman–Crippen LogP) is 5.06. The van der Waals surface area contributed by atoms with Crippen molar-refractivity contribution >= 4 is 6.09 Å². The number of halogens is 3. The summed E-state index contributed by atoms with van der Waals surface area (Å²) in [5.74, 6) is 0. The van der Waals surface area contributed by atoms with Crippen molar-refractivity contribution in [2.24, 2.45) is 0 Å². The fraction of sp³-hybridized carbons (Fsp3) is 0.632. The van der Waals surface area contributed by atoms with Gasteiger partial charge in [0.05, 0.1) is 24.3 Å². The molecule has 0 radical (unpaired) electrons. The van der Waals surface area contributed by atoms with E-state index >= 15 is 0 Å². The Morgan fingerprint density at radius 3 is 2.31 bits per heavy atom. The number of nitrogens with one attached hydrogen (secondary N) is 1. The molecule has 0 saturated heterocycles. The molecule has 2 rings (SSSR count). The maximum Gasteiger partial charge on any atom is 0.416 e. The highest BCUT2D eigenvalue weighted by Crippen LogP contribution is 2.29. The van der Waals surface area contributed by atoms with Crippen LogP contribution in [0, 0.1) is 0 Å². The van der Waals surface area contributed by atoms with Gasteiger partial charge in [-0.05, 0) is 51.3 Å². The molecule has 1 fully saturated rings. The van der Waals surface area contributed by atoms with E-state index in [1.807, 2.05) is 0 Å². The summed E-state index contributed by atoms with van der Waals surface area (Å²) in [5.41, 5.74) is -0.585. The summed E-state index contributed by atoms with van der Waals surface area (Å²) in [4.78, 5) is 12.0. The quantitative estimate of drug-likeness (QED) is 0.803. The van der Waals surface area contributed by atoms with Gasteiger partial charge in [0.2, 0.25) is 0 Å². The smallest absolute Gasteiger partial charge is 0.416 e. The van der Waals surface area contributed by atoms with E-state index in [0.29, 0.717) is 5.56 Å². The van der Waals surface area contributed by atoms with Gasteiger partial charge in [0.15, 0.2) is 0 Å². The van der Waals surface area contributed by atoms with E-state index in [2.05, 4.69) is 5.32 Å². The minimum atomic E-state index is -4.34. The first kappa shape index (κ1) is 20.6. The fourth-order valence-corrected chi connectivity index (χ4v) is 2.91. The van der Waals surface area contributed by atoms with E-state index in [9.17, 15) is 18.0 Å². The molecule has 0 bridgehead atoms. The maximum absolute atomic E-state index is 12.6. The molecule has 1 aromatic rings. The molecule has 4 nitrogen and oxygen atoms in total. The van der Waals surface area contributed by atoms with Crippen molar-refractivity contribution in [3.05, 3.63) is 35.4 Å². The molecule has 2 unspecified atom stereocenters. The third-order valence-corrected chi connectivity index (χ3v) is 4.15. The summed E-state index contributed by atoms with van der Waals surface area (Å²) in [7, 11) is 0. The highest BCUT2D eigenvalue weighted by atomic mass is 19.4. The molecule has 1 aliphatic carbocycles. The van der Waals surface area contributed by atoms with Crippen LogP contribution in [0.4, 0.5) is 18.0 Å². The van der Waals surface area contributed by atoms with Crippen molar-refractivity contribution in [2.75, 3.05) is 0 Å². The van der Waals surface area contributed by atoms with E-state index < -0.39 is 23.4 Å². The van der Waals surface area contributed by atoms with Crippen LogP contribution in [0.15, 0.2) is 24.3 Å². The van der Waals surface area contributed by atoms with Gasteiger partial charge in [-0.15, -0.1) is 0 Å². The number of hydrogen-bond acceptors (Lipinski definition) is 3. The molecule has 1 aliphatic rings. The zero-order chi connectivity index (χ0) is 19.4. The number of benzene rings is 1. The average molecular weight is 373 g/mol. The number of rotatable bonds is 4. The van der Waals surface area contributed by atoms with E-state index in [1.54, 1.807) is 20.8 Å². The molecular weight excluding hydrogens is 347 g/mol. The Morgan fingerprint density at radius 2 is 1.73 bits per heavy atom. The van der Waals surface area contributed by atoms with Crippen LogP contribution < -0.4 is 5.32 Å². The molecule has 1 saturated carbocycles. The minimum absolute atomic E-state index is 0.159. The molecule has 0 heterocycles. The van der Waals surface area contributed by atoms with Crippen LogP contribution in [0.3, 0.4) is 0 Å². The summed E-state index contributed by atoms with van der Waals surface area (Å²) in [6.07, 6.45) is -1.44. The number of alkyl carbamates (subject to hydrolysis) is 1. The van der Waals surface area contributed by atoms with Gasteiger partial charge >= 0.3 is 12.3 Å². The molecule has 0 spiro atoms. The van der Waals surface area contributed by atoms with Crippen LogP contribution in [0.5, 0.6) is 0 Å². The van der Waals surface area contributed by atoms with E-state index in [0.717, 1.165) is 37.8 Å². The van der Waals surface area contributed by atoms with E-state index in [4.69, 9.17) is 9.47 Å². The van der Waals surface area contributed by atoms with Crippen LogP contribution in [0.25, 0.3) is 0 Å². The number of carbonyl (C=O) groups excluding carboxylic acids is 1. The van der Waals surface area contributed by atoms with Crippen LogP contribution in [0.1, 0.15) is 57.6 Å². The number of alkyl halides is 3. The van der Waals surface area contributed by atoms with Gasteiger partial charge in [0.1, 0.15) is 5.60 Å². The Morgan fingerprint density at radius 1 is 1.12 bits per heavy atom. The van der Waals surface area contributed by atoms with Crippen molar-refractivity contribution in [1.82, 2.24) is 5.32 Å². The van der Waals surface area contributed by atoms with E-state index in [-0.39, 0.29) is 18.8 Å². The Bertz CT molecular complexity index is 594. The van der Waals surface area contributed by atoms with Gasteiger partial charge in [0, 0.05) is 0 Å². The molecule has 1 aromatic carbocycles. The first-order valence-corrected chi connectivity index (χ1v) is 8.82. The third-order valence-electron chi connectivity index (χ3n) is 4.15. The molecule has 1 amide bonds. The Balaban J connectivity index is 1.90. The maximum atomic E-state index is 12.6. The monoisotopic (exact) mass is 373 g/mol. The van der Waals surface area contributed by atoms with Gasteiger partial charge in [-0.2, -0.15) is 13.2 Å². The average Bonchev–Trinajstić information content (AvgIpc) is 2.52. The van der Waals surface area contributed by atoms with Crippen molar-refractivity contribution in [3.63, 3.8) is 0 Å². The molecule has 2 atom stereocenters. The Hall–Kier alpha value is -1.76. The SMILES string of the molecule is CC(C)(C)OC(=O)NC1CCCCC1OCc1ccc(C(F)(F)F)cc1. The third kappa shape index (κ3) is 6.52. The standard InChI is InChI=1S/C19H26F3NO3/c1-18(2,3)26-17(24)23-15-6-4-5-7-16(15)25-12-13-8-10-14(11-9-13)19(20,21)22/h8-11,15-16H,4-7,12H2,1-3H3,(H,23,24). The van der Waals surface area contributed by atoms with Crippen molar-refractivity contribution in [2.45, 2.75) is 77.0 Å². The zero-order valence-electron chi connectivity index (χ0n) is 15.4. The van der Waals surface area contributed by atoms with Crippen LogP contribution in [-0.2, 0) is 22.3 Å². The van der Waals surface area contributed by atoms with E-state index in [1.165, 1.54) is 12.1 Å². The number of hydrogen-bond donors (Lipinski definition) is 1. The fourth-order valence-electron chi connectivity index (χ4n) is 2.91. The van der Waals surface area contributed by atoms with Crippen LogP contribution in [-0.4, -0.2) is 23.8 Å². The molecule has 146 valence electrons. The summed E-state index contributed by atoms with van der Waals surface area (Å²) >= 11 is 0. The van der Waals surface area contributed by atoms with Gasteiger partial charge in [-0.3, -0.25) is 0 Å². The number of amides is 1. The second kappa shape index (κ2) is 8.29.